The molecule has 2 aromatic carbocycles. The number of fused-ring (bicyclic) bond motifs is 1. The number of nitrogens with zero attached hydrogens (tertiary/aromatic N) is 2. The lowest BCUT2D eigenvalue weighted by Crippen LogP contribution is -2.44. The minimum atomic E-state index is -0.207. The summed E-state index contributed by atoms with van der Waals surface area (Å²) >= 11 is 0. The van der Waals surface area contributed by atoms with Gasteiger partial charge in [-0.05, 0) is 53.5 Å². The lowest BCUT2D eigenvalue weighted by atomic mass is 9.92. The molecule has 1 fully saturated rings. The number of amides is 2. The number of pyridine rings is 1. The lowest BCUT2D eigenvalue weighted by molar-refractivity contribution is 0.239. The second-order valence-electron chi connectivity index (χ2n) is 11.4. The van der Waals surface area contributed by atoms with E-state index in [1.54, 1.807) is 0 Å². The van der Waals surface area contributed by atoms with Gasteiger partial charge in [-0.25, -0.2) is 9.78 Å². The minimum Gasteiger partial charge on any atom is -0.335 e. The Balaban J connectivity index is 1.42. The van der Waals surface area contributed by atoms with Gasteiger partial charge in [0.05, 0.1) is 5.54 Å². The molecule has 5 rings (SSSR count). The predicted molar refractivity (Wildman–Crippen MR) is 163 cm³/mol. The summed E-state index contributed by atoms with van der Waals surface area (Å²) in [6.07, 6.45) is 12.7. The van der Waals surface area contributed by atoms with Gasteiger partial charge in [0.25, 0.3) is 0 Å². The van der Waals surface area contributed by atoms with Gasteiger partial charge in [-0.15, -0.1) is 0 Å². The third-order valence-corrected chi connectivity index (χ3v) is 8.08. The lowest BCUT2D eigenvalue weighted by Gasteiger charge is -2.32. The molecule has 0 unspecified atom stereocenters. The second-order valence-corrected chi connectivity index (χ2v) is 11.4. The minimum absolute atomic E-state index is 0.148. The van der Waals surface area contributed by atoms with Crippen LogP contribution in [0.5, 0.6) is 0 Å². The number of carbonyl (C=O) groups is 1. The first-order valence-electron chi connectivity index (χ1n) is 14.3. The first kappa shape index (κ1) is 26.7. The number of hydrogen-bond donors (Lipinski definition) is 2. The number of urea groups is 1. The van der Waals surface area contributed by atoms with Crippen LogP contribution in [0.4, 0.5) is 10.5 Å². The van der Waals surface area contributed by atoms with E-state index in [-0.39, 0.29) is 11.6 Å². The van der Waals surface area contributed by atoms with E-state index in [1.165, 1.54) is 16.7 Å². The summed E-state index contributed by atoms with van der Waals surface area (Å²) in [5, 5.41) is 7.62. The van der Waals surface area contributed by atoms with Gasteiger partial charge in [0, 0.05) is 35.6 Å². The first-order chi connectivity index (χ1) is 18.9. The summed E-state index contributed by atoms with van der Waals surface area (Å²) in [5.74, 6) is 0.639. The number of rotatable bonds is 8. The van der Waals surface area contributed by atoms with Crippen molar-refractivity contribution in [1.82, 2.24) is 14.9 Å². The highest BCUT2D eigenvalue weighted by Crippen LogP contribution is 2.40. The number of aromatic nitrogens is 2. The number of benzene rings is 2. The number of anilines is 1. The Labute approximate surface area is 232 Å². The summed E-state index contributed by atoms with van der Waals surface area (Å²) in [4.78, 5) is 18.2. The van der Waals surface area contributed by atoms with Crippen LogP contribution in [0.25, 0.3) is 23.2 Å². The number of carbonyl (C=O) groups excluding carboxylic acids is 1. The Kier molecular flexibility index (Phi) is 7.87. The van der Waals surface area contributed by atoms with Crippen molar-refractivity contribution in [2.45, 2.75) is 70.8 Å². The van der Waals surface area contributed by atoms with Crippen molar-refractivity contribution in [1.29, 1.82) is 0 Å². The Morgan fingerprint density at radius 1 is 0.923 bits per heavy atom. The molecule has 0 aliphatic heterocycles. The van der Waals surface area contributed by atoms with Crippen LogP contribution in [-0.2, 0) is 5.54 Å². The van der Waals surface area contributed by atoms with Gasteiger partial charge in [-0.3, -0.25) is 0 Å². The molecule has 0 atom stereocenters. The van der Waals surface area contributed by atoms with E-state index in [0.29, 0.717) is 18.4 Å². The number of nitrogens with one attached hydrogen (secondary N) is 2. The van der Waals surface area contributed by atoms with Gasteiger partial charge in [0.1, 0.15) is 5.65 Å². The van der Waals surface area contributed by atoms with E-state index in [4.69, 9.17) is 4.98 Å². The van der Waals surface area contributed by atoms with Gasteiger partial charge in [0.15, 0.2) is 0 Å². The van der Waals surface area contributed by atoms with Crippen molar-refractivity contribution in [2.75, 3.05) is 11.9 Å². The normalized spacial score (nSPS) is 15.0. The topological polar surface area (TPSA) is 59.0 Å². The maximum atomic E-state index is 13.4. The van der Waals surface area contributed by atoms with E-state index in [2.05, 4.69) is 110 Å². The molecule has 1 aliphatic rings. The van der Waals surface area contributed by atoms with Crippen LogP contribution in [0.3, 0.4) is 0 Å². The van der Waals surface area contributed by atoms with E-state index in [9.17, 15) is 4.79 Å². The predicted octanol–water partition coefficient (Wildman–Crippen LogP) is 8.54. The van der Waals surface area contributed by atoms with Gasteiger partial charge in [0.2, 0.25) is 0 Å². The summed E-state index contributed by atoms with van der Waals surface area (Å²) < 4.78 is 2.34. The van der Waals surface area contributed by atoms with Crippen LogP contribution < -0.4 is 10.6 Å². The Morgan fingerprint density at radius 2 is 1.62 bits per heavy atom. The first-order valence-corrected chi connectivity index (χ1v) is 14.3. The molecule has 5 nitrogen and oxygen atoms in total. The molecular formula is C34H40N4O. The summed E-state index contributed by atoms with van der Waals surface area (Å²) in [5.41, 5.74) is 6.36. The molecule has 0 bridgehead atoms. The van der Waals surface area contributed by atoms with Crippen LogP contribution >= 0.6 is 0 Å². The zero-order valence-electron chi connectivity index (χ0n) is 23.6. The molecule has 2 aromatic heterocycles. The molecule has 1 aliphatic carbocycles. The summed E-state index contributed by atoms with van der Waals surface area (Å²) in [7, 11) is 0. The van der Waals surface area contributed by atoms with E-state index in [1.807, 2.05) is 18.3 Å². The highest BCUT2D eigenvalue weighted by molar-refractivity contribution is 5.92. The monoisotopic (exact) mass is 520 g/mol. The average Bonchev–Trinajstić information content (AvgIpc) is 3.57. The fraction of sp³-hybridized carbons (Fsp3) is 0.353. The van der Waals surface area contributed by atoms with Crippen LogP contribution in [0.1, 0.15) is 87.5 Å². The van der Waals surface area contributed by atoms with Crippen LogP contribution in [0, 0.1) is 0 Å². The molecule has 2 N–H and O–H groups in total. The molecular weight excluding hydrogens is 480 g/mol. The highest BCUT2D eigenvalue weighted by Gasteiger charge is 2.37. The van der Waals surface area contributed by atoms with Crippen molar-refractivity contribution in [3.8, 4) is 0 Å². The fourth-order valence-corrected chi connectivity index (χ4v) is 5.96. The molecule has 2 amide bonds. The third kappa shape index (κ3) is 5.63. The highest BCUT2D eigenvalue weighted by atomic mass is 16.2. The van der Waals surface area contributed by atoms with Gasteiger partial charge in [-0.2, -0.15) is 0 Å². The van der Waals surface area contributed by atoms with E-state index >= 15 is 0 Å². The zero-order chi connectivity index (χ0) is 27.4. The van der Waals surface area contributed by atoms with Crippen molar-refractivity contribution in [3.63, 3.8) is 0 Å². The van der Waals surface area contributed by atoms with Crippen molar-refractivity contribution in [2.24, 2.45) is 0 Å². The fourth-order valence-electron chi connectivity index (χ4n) is 5.96. The molecule has 2 heterocycles. The Bertz CT molecular complexity index is 1430. The molecule has 5 heteroatoms. The largest absolute Gasteiger partial charge is 0.335 e. The maximum absolute atomic E-state index is 13.4. The van der Waals surface area contributed by atoms with E-state index in [0.717, 1.165) is 48.0 Å². The molecule has 1 saturated carbocycles. The average molecular weight is 521 g/mol. The third-order valence-electron chi connectivity index (χ3n) is 8.08. The quantitative estimate of drug-likeness (QED) is 0.244. The van der Waals surface area contributed by atoms with E-state index < -0.39 is 0 Å². The molecule has 4 aromatic rings. The van der Waals surface area contributed by atoms with Crippen LogP contribution in [0.15, 0.2) is 73.1 Å². The molecule has 0 radical (unpaired) electrons. The molecule has 0 spiro atoms. The smallest absolute Gasteiger partial charge is 0.319 e. The van der Waals surface area contributed by atoms with Crippen molar-refractivity contribution >= 4 is 34.9 Å². The standard InChI is InChI=1S/C34H40N4O/c1-24(2)28-14-10-15-29(25(3)4)31(28)37-33(39)36-23-34(19-8-9-20-34)38-22-27(30-16-11-21-35-32(30)38)18-17-26-12-6-5-7-13-26/h5-7,10-18,21-22,24-25H,8-9,19-20,23H2,1-4H3,(H2,36,37,39). The van der Waals surface area contributed by atoms with Gasteiger partial charge >= 0.3 is 6.03 Å². The second kappa shape index (κ2) is 11.5. The zero-order valence-corrected chi connectivity index (χ0v) is 23.6. The summed E-state index contributed by atoms with van der Waals surface area (Å²) in [6, 6.07) is 20.7. The van der Waals surface area contributed by atoms with Crippen LogP contribution in [0.2, 0.25) is 0 Å². The van der Waals surface area contributed by atoms with Gasteiger partial charge < -0.3 is 15.2 Å². The molecule has 202 valence electrons. The van der Waals surface area contributed by atoms with Crippen LogP contribution in [-0.4, -0.2) is 22.1 Å². The molecule has 0 saturated heterocycles. The Morgan fingerprint density at radius 3 is 2.28 bits per heavy atom. The maximum Gasteiger partial charge on any atom is 0.319 e. The summed E-state index contributed by atoms with van der Waals surface area (Å²) in [6.45, 7) is 9.24. The number of para-hydroxylation sites is 1. The molecule has 39 heavy (non-hydrogen) atoms. The SMILES string of the molecule is CC(C)c1cccc(C(C)C)c1NC(=O)NCC1(n2cc(C=Cc3ccccc3)c3cccnc32)CCCC1. The Hall–Kier alpha value is -3.86. The van der Waals surface area contributed by atoms with Gasteiger partial charge in [-0.1, -0.05) is 101 Å². The number of hydrogen-bond acceptors (Lipinski definition) is 2. The van der Waals surface area contributed by atoms with Crippen molar-refractivity contribution < 1.29 is 4.79 Å². The van der Waals surface area contributed by atoms with Crippen molar-refractivity contribution in [3.05, 3.63) is 95.3 Å².